The standard InChI is InChI=1S/C19H22FN3O/c1-15(16-7-9-17(20)10-8-16)21-23-13-11-22(12-14-23)18-5-3-4-6-19(18)24-2/h3-10H,11-14H2,1-2H3/b21-15-. The van der Waals surface area contributed by atoms with Gasteiger partial charge in [0, 0.05) is 13.1 Å². The van der Waals surface area contributed by atoms with Crippen molar-refractivity contribution < 1.29 is 9.13 Å². The van der Waals surface area contributed by atoms with Crippen molar-refractivity contribution in [3.05, 3.63) is 59.9 Å². The number of piperazine rings is 1. The first kappa shape index (κ1) is 16.3. The van der Waals surface area contributed by atoms with E-state index in [1.54, 1.807) is 19.2 Å². The molecule has 3 rings (SSSR count). The topological polar surface area (TPSA) is 28.1 Å². The van der Waals surface area contributed by atoms with Crippen LogP contribution in [-0.2, 0) is 0 Å². The number of benzene rings is 2. The van der Waals surface area contributed by atoms with Gasteiger partial charge < -0.3 is 9.64 Å². The van der Waals surface area contributed by atoms with Gasteiger partial charge >= 0.3 is 0 Å². The number of halogens is 1. The minimum Gasteiger partial charge on any atom is -0.495 e. The molecule has 0 atom stereocenters. The molecule has 2 aromatic rings. The van der Waals surface area contributed by atoms with Gasteiger partial charge in [-0.15, -0.1) is 0 Å². The van der Waals surface area contributed by atoms with Crippen LogP contribution < -0.4 is 9.64 Å². The van der Waals surface area contributed by atoms with Crippen molar-refractivity contribution in [2.75, 3.05) is 38.2 Å². The van der Waals surface area contributed by atoms with Crippen molar-refractivity contribution in [3.8, 4) is 5.75 Å². The predicted molar refractivity (Wildman–Crippen MR) is 95.4 cm³/mol. The molecule has 0 N–H and O–H groups in total. The lowest BCUT2D eigenvalue weighted by atomic mass is 10.1. The van der Waals surface area contributed by atoms with Crippen LogP contribution >= 0.6 is 0 Å². The number of para-hydroxylation sites is 2. The van der Waals surface area contributed by atoms with E-state index in [2.05, 4.69) is 21.1 Å². The van der Waals surface area contributed by atoms with Crippen molar-refractivity contribution in [2.24, 2.45) is 5.10 Å². The van der Waals surface area contributed by atoms with E-state index in [0.29, 0.717) is 0 Å². The Morgan fingerprint density at radius 2 is 1.67 bits per heavy atom. The minimum atomic E-state index is -0.225. The highest BCUT2D eigenvalue weighted by molar-refractivity contribution is 5.98. The maximum absolute atomic E-state index is 13.0. The van der Waals surface area contributed by atoms with Crippen LogP contribution in [0.2, 0.25) is 0 Å². The molecular weight excluding hydrogens is 305 g/mol. The lowest BCUT2D eigenvalue weighted by Gasteiger charge is -2.35. The first-order valence-electron chi connectivity index (χ1n) is 8.11. The van der Waals surface area contributed by atoms with E-state index in [4.69, 9.17) is 4.74 Å². The number of methoxy groups -OCH3 is 1. The maximum atomic E-state index is 13.0. The third-order valence-electron chi connectivity index (χ3n) is 4.24. The maximum Gasteiger partial charge on any atom is 0.142 e. The van der Waals surface area contributed by atoms with Gasteiger partial charge in [-0.1, -0.05) is 24.3 Å². The van der Waals surface area contributed by atoms with Crippen LogP contribution in [-0.4, -0.2) is 44.0 Å². The number of anilines is 1. The largest absolute Gasteiger partial charge is 0.495 e. The molecule has 0 radical (unpaired) electrons. The quantitative estimate of drug-likeness (QED) is 0.806. The van der Waals surface area contributed by atoms with Crippen LogP contribution in [0, 0.1) is 5.82 Å². The van der Waals surface area contributed by atoms with E-state index < -0.39 is 0 Å². The van der Waals surface area contributed by atoms with Crippen LogP contribution in [0.15, 0.2) is 53.6 Å². The fourth-order valence-corrected chi connectivity index (χ4v) is 2.89. The first-order chi connectivity index (χ1) is 11.7. The molecule has 0 saturated carbocycles. The second-order valence-corrected chi connectivity index (χ2v) is 5.80. The summed E-state index contributed by atoms with van der Waals surface area (Å²) in [6, 6.07) is 14.5. The monoisotopic (exact) mass is 327 g/mol. The zero-order valence-corrected chi connectivity index (χ0v) is 14.1. The fraction of sp³-hybridized carbons (Fsp3) is 0.316. The average molecular weight is 327 g/mol. The van der Waals surface area contributed by atoms with Crippen LogP contribution in [0.25, 0.3) is 0 Å². The summed E-state index contributed by atoms with van der Waals surface area (Å²) in [6.45, 7) is 5.42. The fourth-order valence-electron chi connectivity index (χ4n) is 2.89. The molecule has 0 bridgehead atoms. The van der Waals surface area contributed by atoms with E-state index >= 15 is 0 Å². The van der Waals surface area contributed by atoms with E-state index in [1.807, 2.05) is 25.1 Å². The van der Waals surface area contributed by atoms with Gasteiger partial charge in [0.15, 0.2) is 0 Å². The Labute approximate surface area is 142 Å². The summed E-state index contributed by atoms with van der Waals surface area (Å²) in [5, 5.41) is 6.75. The van der Waals surface area contributed by atoms with Crippen LogP contribution in [0.4, 0.5) is 10.1 Å². The molecule has 0 aliphatic carbocycles. The molecule has 0 unspecified atom stereocenters. The van der Waals surface area contributed by atoms with Gasteiger partial charge in [0.05, 0.1) is 31.6 Å². The summed E-state index contributed by atoms with van der Waals surface area (Å²) in [4.78, 5) is 2.32. The molecule has 2 aromatic carbocycles. The van der Waals surface area contributed by atoms with Gasteiger partial charge in [0.1, 0.15) is 11.6 Å². The highest BCUT2D eigenvalue weighted by Crippen LogP contribution is 2.28. The second kappa shape index (κ2) is 7.34. The van der Waals surface area contributed by atoms with Gasteiger partial charge in [0.2, 0.25) is 0 Å². The Bertz CT molecular complexity index is 707. The van der Waals surface area contributed by atoms with E-state index in [1.165, 1.54) is 12.1 Å². The van der Waals surface area contributed by atoms with Gasteiger partial charge in [-0.05, 0) is 36.8 Å². The van der Waals surface area contributed by atoms with Gasteiger partial charge in [-0.25, -0.2) is 4.39 Å². The highest BCUT2D eigenvalue weighted by atomic mass is 19.1. The summed E-state index contributed by atoms with van der Waals surface area (Å²) >= 11 is 0. The summed E-state index contributed by atoms with van der Waals surface area (Å²) in [5.74, 6) is 0.675. The molecule has 1 aliphatic rings. The third-order valence-corrected chi connectivity index (χ3v) is 4.24. The van der Waals surface area contributed by atoms with Crippen molar-refractivity contribution >= 4 is 11.4 Å². The van der Waals surface area contributed by atoms with Crippen molar-refractivity contribution in [3.63, 3.8) is 0 Å². The number of hydrazone groups is 1. The van der Waals surface area contributed by atoms with E-state index in [0.717, 1.165) is 48.9 Å². The lowest BCUT2D eigenvalue weighted by Crippen LogP contribution is -2.44. The zero-order chi connectivity index (χ0) is 16.9. The second-order valence-electron chi connectivity index (χ2n) is 5.80. The summed E-state index contributed by atoms with van der Waals surface area (Å²) in [6.07, 6.45) is 0. The molecular formula is C19H22FN3O. The molecule has 0 amide bonds. The van der Waals surface area contributed by atoms with Crippen molar-refractivity contribution in [1.29, 1.82) is 0 Å². The lowest BCUT2D eigenvalue weighted by molar-refractivity contribution is 0.269. The Morgan fingerprint density at radius 3 is 2.33 bits per heavy atom. The number of hydrogen-bond acceptors (Lipinski definition) is 4. The molecule has 0 spiro atoms. The average Bonchev–Trinajstić information content (AvgIpc) is 2.63. The van der Waals surface area contributed by atoms with Crippen molar-refractivity contribution in [1.82, 2.24) is 5.01 Å². The highest BCUT2D eigenvalue weighted by Gasteiger charge is 2.18. The smallest absolute Gasteiger partial charge is 0.142 e. The van der Waals surface area contributed by atoms with Gasteiger partial charge in [0.25, 0.3) is 0 Å². The van der Waals surface area contributed by atoms with Gasteiger partial charge in [-0.2, -0.15) is 5.10 Å². The molecule has 24 heavy (non-hydrogen) atoms. The molecule has 0 aromatic heterocycles. The first-order valence-corrected chi connectivity index (χ1v) is 8.11. The van der Waals surface area contributed by atoms with Crippen LogP contribution in [0.3, 0.4) is 0 Å². The van der Waals surface area contributed by atoms with Gasteiger partial charge in [-0.3, -0.25) is 5.01 Å². The van der Waals surface area contributed by atoms with E-state index in [9.17, 15) is 4.39 Å². The minimum absolute atomic E-state index is 0.225. The van der Waals surface area contributed by atoms with E-state index in [-0.39, 0.29) is 5.82 Å². The summed E-state index contributed by atoms with van der Waals surface area (Å²) in [7, 11) is 1.70. The third kappa shape index (κ3) is 3.67. The van der Waals surface area contributed by atoms with Crippen LogP contribution in [0.1, 0.15) is 12.5 Å². The SMILES string of the molecule is COc1ccccc1N1CCN(/N=C(/C)c2ccc(F)cc2)CC1. The van der Waals surface area contributed by atoms with Crippen LogP contribution in [0.5, 0.6) is 5.75 Å². The predicted octanol–water partition coefficient (Wildman–Crippen LogP) is 3.38. The molecule has 1 saturated heterocycles. The molecule has 126 valence electrons. The number of ether oxygens (including phenoxy) is 1. The Morgan fingerprint density at radius 1 is 1.00 bits per heavy atom. The number of nitrogens with zero attached hydrogens (tertiary/aromatic N) is 3. The molecule has 5 heteroatoms. The Hall–Kier alpha value is -2.56. The number of rotatable bonds is 4. The molecule has 1 heterocycles. The summed E-state index contributed by atoms with van der Waals surface area (Å²) in [5.41, 5.74) is 2.98. The molecule has 1 fully saturated rings. The molecule has 1 aliphatic heterocycles. The number of hydrogen-bond donors (Lipinski definition) is 0. The summed E-state index contributed by atoms with van der Waals surface area (Å²) < 4.78 is 18.5. The van der Waals surface area contributed by atoms with Crippen molar-refractivity contribution in [2.45, 2.75) is 6.92 Å². The Kier molecular flexibility index (Phi) is 4.99. The molecule has 4 nitrogen and oxygen atoms in total. The Balaban J connectivity index is 1.64. The zero-order valence-electron chi connectivity index (χ0n) is 14.1. The normalized spacial score (nSPS) is 15.5.